The topological polar surface area (TPSA) is 72.7 Å². The third kappa shape index (κ3) is 4.70. The highest BCUT2D eigenvalue weighted by Gasteiger charge is 2.22. The standard InChI is InChI=1S/C20H18F2N2O4/c21-20(22)28-16-7-5-15(6-8-16)19(25)10-4-14-3-9-17(18(13-14)24(26)27)23-11-1-2-12-23/h3-10,13,20H,1-2,11-12H2/b10-4+. The Bertz CT molecular complexity index is 892. The maximum Gasteiger partial charge on any atom is 0.387 e. The molecule has 0 spiro atoms. The Morgan fingerprint density at radius 1 is 1.14 bits per heavy atom. The van der Waals surface area contributed by atoms with E-state index in [2.05, 4.69) is 4.74 Å². The second kappa shape index (κ2) is 8.60. The second-order valence-corrected chi connectivity index (χ2v) is 6.30. The lowest BCUT2D eigenvalue weighted by atomic mass is 10.1. The molecule has 6 nitrogen and oxygen atoms in total. The van der Waals surface area contributed by atoms with Crippen LogP contribution in [0.25, 0.3) is 6.08 Å². The van der Waals surface area contributed by atoms with E-state index in [4.69, 9.17) is 0 Å². The minimum absolute atomic E-state index is 0.00463. The van der Waals surface area contributed by atoms with E-state index in [1.165, 1.54) is 42.5 Å². The number of rotatable bonds is 7. The lowest BCUT2D eigenvalue weighted by molar-refractivity contribution is -0.384. The molecular weight excluding hydrogens is 370 g/mol. The summed E-state index contributed by atoms with van der Waals surface area (Å²) in [6.45, 7) is -1.35. The molecule has 0 aromatic heterocycles. The Hall–Kier alpha value is -3.29. The van der Waals surface area contributed by atoms with Gasteiger partial charge in [0.2, 0.25) is 0 Å². The van der Waals surface area contributed by atoms with Crippen LogP contribution in [-0.4, -0.2) is 30.4 Å². The largest absolute Gasteiger partial charge is 0.435 e. The molecule has 1 aliphatic heterocycles. The summed E-state index contributed by atoms with van der Waals surface area (Å²) in [6.07, 6.45) is 4.80. The Morgan fingerprint density at radius 2 is 1.82 bits per heavy atom. The van der Waals surface area contributed by atoms with Crippen molar-refractivity contribution < 1.29 is 23.2 Å². The number of benzene rings is 2. The first kappa shape index (κ1) is 19.5. The summed E-state index contributed by atoms with van der Waals surface area (Å²) in [5.74, 6) is -0.390. The van der Waals surface area contributed by atoms with Gasteiger partial charge in [-0.3, -0.25) is 14.9 Å². The van der Waals surface area contributed by atoms with Crippen molar-refractivity contribution in [1.82, 2.24) is 0 Å². The Labute approximate surface area is 160 Å². The first-order valence-corrected chi connectivity index (χ1v) is 8.75. The van der Waals surface area contributed by atoms with E-state index in [9.17, 15) is 23.7 Å². The van der Waals surface area contributed by atoms with Crippen molar-refractivity contribution in [3.05, 3.63) is 69.8 Å². The van der Waals surface area contributed by atoms with Crippen LogP contribution in [0.1, 0.15) is 28.8 Å². The predicted molar refractivity (Wildman–Crippen MR) is 101 cm³/mol. The van der Waals surface area contributed by atoms with Gasteiger partial charge in [-0.05, 0) is 54.8 Å². The zero-order chi connectivity index (χ0) is 20.1. The van der Waals surface area contributed by atoms with Crippen molar-refractivity contribution in [1.29, 1.82) is 0 Å². The number of nitro benzene ring substituents is 1. The lowest BCUT2D eigenvalue weighted by Crippen LogP contribution is -2.18. The van der Waals surface area contributed by atoms with E-state index in [0.717, 1.165) is 25.9 Å². The van der Waals surface area contributed by atoms with Crippen molar-refractivity contribution in [2.75, 3.05) is 18.0 Å². The van der Waals surface area contributed by atoms with Crippen LogP contribution in [0.4, 0.5) is 20.2 Å². The third-order valence-electron chi connectivity index (χ3n) is 4.43. The molecule has 1 heterocycles. The van der Waals surface area contributed by atoms with Crippen LogP contribution in [0, 0.1) is 10.1 Å². The maximum absolute atomic E-state index is 12.2. The highest BCUT2D eigenvalue weighted by Crippen LogP contribution is 2.32. The summed E-state index contributed by atoms with van der Waals surface area (Å²) in [6, 6.07) is 10.2. The van der Waals surface area contributed by atoms with Gasteiger partial charge in [-0.1, -0.05) is 12.1 Å². The van der Waals surface area contributed by atoms with Gasteiger partial charge in [-0.25, -0.2) is 0 Å². The monoisotopic (exact) mass is 388 g/mol. The average molecular weight is 388 g/mol. The number of ketones is 1. The minimum Gasteiger partial charge on any atom is -0.435 e. The number of carbonyl (C=O) groups is 1. The van der Waals surface area contributed by atoms with Crippen LogP contribution in [0.2, 0.25) is 0 Å². The number of anilines is 1. The minimum atomic E-state index is -2.93. The molecule has 2 aromatic carbocycles. The SMILES string of the molecule is O=C(/C=C/c1ccc(N2CCCC2)c([N+](=O)[O-])c1)c1ccc(OC(F)F)cc1. The summed E-state index contributed by atoms with van der Waals surface area (Å²) in [4.78, 5) is 25.2. The Kier molecular flexibility index (Phi) is 5.98. The number of nitro groups is 1. The van der Waals surface area contributed by atoms with Crippen LogP contribution in [-0.2, 0) is 0 Å². The van der Waals surface area contributed by atoms with Gasteiger partial charge in [0.25, 0.3) is 5.69 Å². The van der Waals surface area contributed by atoms with Crippen LogP contribution in [0.15, 0.2) is 48.5 Å². The van der Waals surface area contributed by atoms with Gasteiger partial charge >= 0.3 is 6.61 Å². The van der Waals surface area contributed by atoms with Crippen LogP contribution in [0.3, 0.4) is 0 Å². The average Bonchev–Trinajstić information content (AvgIpc) is 3.20. The molecule has 0 radical (unpaired) electrons. The van der Waals surface area contributed by atoms with Crippen molar-refractivity contribution in [3.8, 4) is 5.75 Å². The van der Waals surface area contributed by atoms with Gasteiger partial charge in [0.05, 0.1) is 4.92 Å². The molecule has 1 aliphatic rings. The molecule has 0 N–H and O–H groups in total. The number of allylic oxidation sites excluding steroid dienone is 1. The molecule has 1 saturated heterocycles. The van der Waals surface area contributed by atoms with Gasteiger partial charge in [0, 0.05) is 24.7 Å². The number of hydrogen-bond acceptors (Lipinski definition) is 5. The van der Waals surface area contributed by atoms with Crippen LogP contribution in [0.5, 0.6) is 5.75 Å². The molecular formula is C20H18F2N2O4. The fourth-order valence-corrected chi connectivity index (χ4v) is 3.08. The smallest absolute Gasteiger partial charge is 0.387 e. The van der Waals surface area contributed by atoms with Gasteiger partial charge in [-0.2, -0.15) is 8.78 Å². The summed E-state index contributed by atoms with van der Waals surface area (Å²) < 4.78 is 28.5. The highest BCUT2D eigenvalue weighted by atomic mass is 19.3. The van der Waals surface area contributed by atoms with Gasteiger partial charge in [-0.15, -0.1) is 0 Å². The number of carbonyl (C=O) groups excluding carboxylic acids is 1. The van der Waals surface area contributed by atoms with E-state index in [1.54, 1.807) is 12.1 Å². The van der Waals surface area contributed by atoms with E-state index >= 15 is 0 Å². The molecule has 0 unspecified atom stereocenters. The van der Waals surface area contributed by atoms with Gasteiger partial charge in [0.1, 0.15) is 11.4 Å². The molecule has 0 bridgehead atoms. The summed E-state index contributed by atoms with van der Waals surface area (Å²) >= 11 is 0. The van der Waals surface area contributed by atoms with Crippen molar-refractivity contribution in [2.45, 2.75) is 19.5 Å². The molecule has 28 heavy (non-hydrogen) atoms. The zero-order valence-electron chi connectivity index (χ0n) is 14.9. The van der Waals surface area contributed by atoms with Crippen LogP contribution < -0.4 is 9.64 Å². The third-order valence-corrected chi connectivity index (χ3v) is 4.43. The summed E-state index contributed by atoms with van der Waals surface area (Å²) in [5, 5.41) is 11.4. The first-order chi connectivity index (χ1) is 13.4. The summed E-state index contributed by atoms with van der Waals surface area (Å²) in [5.41, 5.74) is 1.41. The fraction of sp³-hybridized carbons (Fsp3) is 0.250. The van der Waals surface area contributed by atoms with E-state index < -0.39 is 11.5 Å². The number of halogens is 2. The highest BCUT2D eigenvalue weighted by molar-refractivity contribution is 6.06. The number of ether oxygens (including phenoxy) is 1. The quantitative estimate of drug-likeness (QED) is 0.298. The molecule has 2 aromatic rings. The fourth-order valence-electron chi connectivity index (χ4n) is 3.08. The van der Waals surface area contributed by atoms with Gasteiger partial charge in [0.15, 0.2) is 5.78 Å². The molecule has 1 fully saturated rings. The number of nitrogens with zero attached hydrogens (tertiary/aromatic N) is 2. The molecule has 146 valence electrons. The molecule has 3 rings (SSSR count). The predicted octanol–water partition coefficient (Wildman–Crippen LogP) is 4.69. The van der Waals surface area contributed by atoms with Crippen molar-refractivity contribution in [3.63, 3.8) is 0 Å². The van der Waals surface area contributed by atoms with Gasteiger partial charge < -0.3 is 9.64 Å². The van der Waals surface area contributed by atoms with Crippen molar-refractivity contribution >= 4 is 23.2 Å². The molecule has 0 atom stereocenters. The molecule has 8 heteroatoms. The zero-order valence-corrected chi connectivity index (χ0v) is 14.9. The lowest BCUT2D eigenvalue weighted by Gasteiger charge is -2.17. The molecule has 0 aliphatic carbocycles. The molecule has 0 amide bonds. The van der Waals surface area contributed by atoms with E-state index in [1.807, 2.05) is 4.90 Å². The maximum atomic E-state index is 12.2. The van der Waals surface area contributed by atoms with Crippen LogP contribution >= 0.6 is 0 Å². The normalized spacial score (nSPS) is 14.0. The Morgan fingerprint density at radius 3 is 2.43 bits per heavy atom. The Balaban J connectivity index is 1.75. The molecule has 0 saturated carbocycles. The second-order valence-electron chi connectivity index (χ2n) is 6.30. The summed E-state index contributed by atoms with van der Waals surface area (Å²) in [7, 11) is 0. The number of alkyl halides is 2. The van der Waals surface area contributed by atoms with E-state index in [-0.39, 0.29) is 17.2 Å². The first-order valence-electron chi connectivity index (χ1n) is 8.75. The van der Waals surface area contributed by atoms with Crippen molar-refractivity contribution in [2.24, 2.45) is 0 Å². The number of hydrogen-bond donors (Lipinski definition) is 0. The van der Waals surface area contributed by atoms with E-state index in [0.29, 0.717) is 16.8 Å².